The maximum Gasteiger partial charge on any atom is 0.257 e. The Hall–Kier alpha value is -1.29. The minimum atomic E-state index is -0.789. The molecule has 0 amide bonds. The molecule has 0 aromatic carbocycles. The Labute approximate surface area is 73.0 Å². The summed E-state index contributed by atoms with van der Waals surface area (Å²) >= 11 is 5.12. The largest absolute Gasteiger partial charge is 0.507 e. The topological polar surface area (TPSA) is 59.3 Å². The first-order chi connectivity index (χ1) is 5.52. The minimum absolute atomic E-state index is 0.0706. The van der Waals surface area contributed by atoms with Crippen molar-refractivity contribution in [3.8, 4) is 5.75 Å². The predicted molar refractivity (Wildman–Crippen MR) is 43.5 cm³/mol. The molecule has 5 heteroatoms. The lowest BCUT2D eigenvalue weighted by Gasteiger charge is -2.00. The summed E-state index contributed by atoms with van der Waals surface area (Å²) in [5.74, 6) is -0.391. The number of rotatable bonds is 1. The van der Waals surface area contributed by atoms with Gasteiger partial charge in [0.25, 0.3) is 10.8 Å². The number of nitrogens with zero attached hydrogens (tertiary/aromatic N) is 1. The zero-order valence-electron chi connectivity index (χ0n) is 6.24. The van der Waals surface area contributed by atoms with Crippen LogP contribution in [0, 0.1) is 0 Å². The molecule has 1 aromatic rings. The average Bonchev–Trinajstić information content (AvgIpc) is 1.96. The quantitative estimate of drug-likeness (QED) is 0.651. The van der Waals surface area contributed by atoms with Crippen LogP contribution in [0.15, 0.2) is 17.1 Å². The van der Waals surface area contributed by atoms with Crippen LogP contribution in [-0.2, 0) is 7.05 Å². The fourth-order valence-corrected chi connectivity index (χ4v) is 0.917. The first-order valence-corrected chi connectivity index (χ1v) is 3.49. The van der Waals surface area contributed by atoms with E-state index in [-0.39, 0.29) is 5.56 Å². The van der Waals surface area contributed by atoms with E-state index >= 15 is 0 Å². The molecule has 1 rings (SSSR count). The van der Waals surface area contributed by atoms with Crippen molar-refractivity contribution >= 4 is 16.8 Å². The SMILES string of the molecule is Cn1cc(C(=O)Cl)c(O)cc1=O. The minimum Gasteiger partial charge on any atom is -0.507 e. The summed E-state index contributed by atoms with van der Waals surface area (Å²) in [6.07, 6.45) is 1.19. The molecule has 0 saturated heterocycles. The smallest absolute Gasteiger partial charge is 0.257 e. The molecule has 1 N–H and O–H groups in total. The van der Waals surface area contributed by atoms with Gasteiger partial charge < -0.3 is 9.67 Å². The lowest BCUT2D eigenvalue weighted by molar-refractivity contribution is 0.107. The molecule has 0 aliphatic heterocycles. The third kappa shape index (κ3) is 1.48. The molecule has 0 spiro atoms. The van der Waals surface area contributed by atoms with Crippen LogP contribution >= 0.6 is 11.6 Å². The molecule has 0 radical (unpaired) electrons. The van der Waals surface area contributed by atoms with Gasteiger partial charge in [-0.05, 0) is 11.6 Å². The molecular formula is C7H6ClNO3. The highest BCUT2D eigenvalue weighted by atomic mass is 35.5. The van der Waals surface area contributed by atoms with Gasteiger partial charge in [-0.1, -0.05) is 0 Å². The number of aromatic hydroxyl groups is 1. The van der Waals surface area contributed by atoms with Gasteiger partial charge in [0.2, 0.25) is 0 Å². The molecule has 1 aromatic heterocycles. The lowest BCUT2D eigenvalue weighted by Crippen LogP contribution is -2.15. The lowest BCUT2D eigenvalue weighted by atomic mass is 10.3. The predicted octanol–water partition coefficient (Wildman–Crippen LogP) is 0.470. The van der Waals surface area contributed by atoms with Gasteiger partial charge in [0.05, 0.1) is 5.56 Å². The molecule has 0 aliphatic carbocycles. The van der Waals surface area contributed by atoms with Gasteiger partial charge in [0.1, 0.15) is 5.75 Å². The first kappa shape index (κ1) is 8.80. The second-order valence-corrected chi connectivity index (χ2v) is 2.64. The Bertz CT molecular complexity index is 383. The fraction of sp³-hybridized carbons (Fsp3) is 0.143. The van der Waals surface area contributed by atoms with Crippen molar-refractivity contribution in [1.82, 2.24) is 4.57 Å². The molecule has 1 heterocycles. The number of hydrogen-bond donors (Lipinski definition) is 1. The molecule has 64 valence electrons. The third-order valence-corrected chi connectivity index (χ3v) is 1.62. The molecule has 12 heavy (non-hydrogen) atoms. The van der Waals surface area contributed by atoms with E-state index in [1.807, 2.05) is 0 Å². The van der Waals surface area contributed by atoms with Crippen molar-refractivity contribution < 1.29 is 9.90 Å². The van der Waals surface area contributed by atoms with Crippen LogP contribution in [-0.4, -0.2) is 14.9 Å². The van der Waals surface area contributed by atoms with E-state index in [1.54, 1.807) is 0 Å². The van der Waals surface area contributed by atoms with Crippen LogP contribution in [0.1, 0.15) is 10.4 Å². The molecule has 0 unspecified atom stereocenters. The summed E-state index contributed by atoms with van der Waals surface area (Å²) in [6.45, 7) is 0. The molecule has 0 atom stereocenters. The van der Waals surface area contributed by atoms with Crippen LogP contribution < -0.4 is 5.56 Å². The van der Waals surface area contributed by atoms with E-state index in [4.69, 9.17) is 16.7 Å². The highest BCUT2D eigenvalue weighted by Crippen LogP contribution is 2.14. The van der Waals surface area contributed by atoms with E-state index < -0.39 is 16.6 Å². The Morgan fingerprint density at radius 2 is 2.25 bits per heavy atom. The summed E-state index contributed by atoms with van der Waals surface area (Å²) in [7, 11) is 1.46. The van der Waals surface area contributed by atoms with Crippen LogP contribution in [0.3, 0.4) is 0 Å². The van der Waals surface area contributed by atoms with Crippen molar-refractivity contribution in [3.63, 3.8) is 0 Å². The standard InChI is InChI=1S/C7H6ClNO3/c1-9-3-4(7(8)12)5(10)2-6(9)11/h2-3,10H,1H3. The highest BCUT2D eigenvalue weighted by molar-refractivity contribution is 6.68. The number of halogens is 1. The van der Waals surface area contributed by atoms with E-state index in [0.29, 0.717) is 0 Å². The van der Waals surface area contributed by atoms with Gasteiger partial charge >= 0.3 is 0 Å². The summed E-state index contributed by atoms with van der Waals surface area (Å²) in [5, 5.41) is 8.28. The number of hydrogen-bond acceptors (Lipinski definition) is 3. The Kier molecular flexibility index (Phi) is 2.19. The maximum atomic E-state index is 10.9. The number of pyridine rings is 1. The van der Waals surface area contributed by atoms with Gasteiger partial charge in [-0.3, -0.25) is 9.59 Å². The average molecular weight is 188 g/mol. The van der Waals surface area contributed by atoms with Crippen LogP contribution in [0.5, 0.6) is 5.75 Å². The first-order valence-electron chi connectivity index (χ1n) is 3.12. The molecular weight excluding hydrogens is 182 g/mol. The Morgan fingerprint density at radius 3 is 2.75 bits per heavy atom. The summed E-state index contributed by atoms with van der Waals surface area (Å²) in [6, 6.07) is 0.940. The summed E-state index contributed by atoms with van der Waals surface area (Å²) in [4.78, 5) is 21.5. The molecule has 0 fully saturated rings. The van der Waals surface area contributed by atoms with Gasteiger partial charge in [0, 0.05) is 19.3 Å². The summed E-state index contributed by atoms with van der Waals surface area (Å²) < 4.78 is 1.16. The van der Waals surface area contributed by atoms with Crippen molar-refractivity contribution in [3.05, 3.63) is 28.2 Å². The normalized spacial score (nSPS) is 9.83. The second kappa shape index (κ2) is 2.98. The molecule has 0 bridgehead atoms. The molecule has 0 saturated carbocycles. The highest BCUT2D eigenvalue weighted by Gasteiger charge is 2.09. The van der Waals surface area contributed by atoms with Crippen molar-refractivity contribution in [2.45, 2.75) is 0 Å². The van der Waals surface area contributed by atoms with Crippen LogP contribution in [0.4, 0.5) is 0 Å². The monoisotopic (exact) mass is 187 g/mol. The zero-order valence-corrected chi connectivity index (χ0v) is 7.00. The van der Waals surface area contributed by atoms with Gasteiger partial charge in [-0.25, -0.2) is 0 Å². The van der Waals surface area contributed by atoms with E-state index in [9.17, 15) is 9.59 Å². The van der Waals surface area contributed by atoms with Crippen LogP contribution in [0.25, 0.3) is 0 Å². The third-order valence-electron chi connectivity index (χ3n) is 1.42. The molecule has 0 aliphatic rings. The Morgan fingerprint density at radius 1 is 1.67 bits per heavy atom. The number of aryl methyl sites for hydroxylation is 1. The number of carbonyl (C=O) groups is 1. The van der Waals surface area contributed by atoms with Gasteiger partial charge in [-0.2, -0.15) is 0 Å². The number of aromatic nitrogens is 1. The van der Waals surface area contributed by atoms with E-state index in [1.165, 1.54) is 13.2 Å². The zero-order chi connectivity index (χ0) is 9.30. The van der Waals surface area contributed by atoms with Crippen molar-refractivity contribution in [2.75, 3.05) is 0 Å². The van der Waals surface area contributed by atoms with Crippen molar-refractivity contribution in [1.29, 1.82) is 0 Å². The maximum absolute atomic E-state index is 10.9. The van der Waals surface area contributed by atoms with E-state index in [2.05, 4.69) is 0 Å². The second-order valence-electron chi connectivity index (χ2n) is 2.30. The van der Waals surface area contributed by atoms with E-state index in [0.717, 1.165) is 10.6 Å². The molecule has 4 nitrogen and oxygen atoms in total. The van der Waals surface area contributed by atoms with Crippen LogP contribution in [0.2, 0.25) is 0 Å². The number of carbonyl (C=O) groups excluding carboxylic acids is 1. The van der Waals surface area contributed by atoms with Gasteiger partial charge in [-0.15, -0.1) is 0 Å². The van der Waals surface area contributed by atoms with Crippen molar-refractivity contribution in [2.24, 2.45) is 7.05 Å². The summed E-state index contributed by atoms with van der Waals surface area (Å²) in [5.41, 5.74) is -0.465. The Balaban J connectivity index is 3.43. The van der Waals surface area contributed by atoms with Gasteiger partial charge in [0.15, 0.2) is 0 Å². The fourth-order valence-electron chi connectivity index (χ4n) is 0.771.